The molecule has 1 aliphatic heterocycles. The maximum Gasteiger partial charge on any atom is 0.251 e. The Morgan fingerprint density at radius 2 is 1.69 bits per heavy atom. The summed E-state index contributed by atoms with van der Waals surface area (Å²) in [5.74, 6) is -0.697. The summed E-state index contributed by atoms with van der Waals surface area (Å²) in [5, 5.41) is 3.06. The van der Waals surface area contributed by atoms with E-state index in [1.165, 1.54) is 34.6 Å². The molecule has 1 saturated heterocycles. The molecular formula is C18H18ClFN2O3S. The van der Waals surface area contributed by atoms with E-state index in [9.17, 15) is 17.6 Å². The molecule has 138 valence electrons. The van der Waals surface area contributed by atoms with Crippen LogP contribution < -0.4 is 5.32 Å². The van der Waals surface area contributed by atoms with E-state index in [1.54, 1.807) is 18.2 Å². The molecule has 3 rings (SSSR count). The van der Waals surface area contributed by atoms with Gasteiger partial charge in [0.2, 0.25) is 10.0 Å². The van der Waals surface area contributed by atoms with Crippen molar-refractivity contribution in [3.05, 3.63) is 64.9 Å². The first-order valence-corrected chi connectivity index (χ1v) is 10.0. The number of hydrogen-bond donors (Lipinski definition) is 1. The Morgan fingerprint density at radius 3 is 2.31 bits per heavy atom. The van der Waals surface area contributed by atoms with E-state index in [0.29, 0.717) is 31.5 Å². The quantitative estimate of drug-likeness (QED) is 0.863. The molecule has 0 unspecified atom stereocenters. The van der Waals surface area contributed by atoms with Crippen LogP contribution in [0.4, 0.5) is 4.39 Å². The molecule has 8 heteroatoms. The average molecular weight is 397 g/mol. The van der Waals surface area contributed by atoms with E-state index in [-0.39, 0.29) is 21.9 Å². The van der Waals surface area contributed by atoms with Crippen molar-refractivity contribution in [1.29, 1.82) is 0 Å². The summed E-state index contributed by atoms with van der Waals surface area (Å²) in [7, 11) is -3.65. The number of carbonyl (C=O) groups is 1. The zero-order valence-corrected chi connectivity index (χ0v) is 15.4. The molecule has 0 atom stereocenters. The van der Waals surface area contributed by atoms with Gasteiger partial charge in [-0.1, -0.05) is 23.7 Å². The number of benzene rings is 2. The predicted molar refractivity (Wildman–Crippen MR) is 97.1 cm³/mol. The smallest absolute Gasteiger partial charge is 0.251 e. The summed E-state index contributed by atoms with van der Waals surface area (Å²) in [6, 6.07) is 11.5. The molecule has 1 N–H and O–H groups in total. The second-order valence-electron chi connectivity index (χ2n) is 6.09. The summed E-state index contributed by atoms with van der Waals surface area (Å²) in [4.78, 5) is 12.3. The zero-order valence-electron chi connectivity index (χ0n) is 13.9. The van der Waals surface area contributed by atoms with Gasteiger partial charge in [0.05, 0.1) is 5.02 Å². The van der Waals surface area contributed by atoms with E-state index in [1.807, 2.05) is 0 Å². The number of halogens is 2. The van der Waals surface area contributed by atoms with E-state index < -0.39 is 15.8 Å². The molecular weight excluding hydrogens is 379 g/mol. The minimum absolute atomic E-state index is 0.0930. The van der Waals surface area contributed by atoms with Crippen molar-refractivity contribution in [3.63, 3.8) is 0 Å². The third-order valence-electron chi connectivity index (χ3n) is 4.35. The molecule has 0 aromatic heterocycles. The third kappa shape index (κ3) is 4.06. The first kappa shape index (κ1) is 18.8. The highest BCUT2D eigenvalue weighted by Gasteiger charge is 2.31. The van der Waals surface area contributed by atoms with Gasteiger partial charge in [-0.25, -0.2) is 12.8 Å². The van der Waals surface area contributed by atoms with Crippen LogP contribution >= 0.6 is 11.6 Å². The number of nitrogens with one attached hydrogen (secondary N) is 1. The Kier molecular flexibility index (Phi) is 5.60. The first-order valence-electron chi connectivity index (χ1n) is 8.19. The zero-order chi connectivity index (χ0) is 18.7. The first-order chi connectivity index (χ1) is 12.4. The number of hydrogen-bond acceptors (Lipinski definition) is 3. The van der Waals surface area contributed by atoms with Crippen molar-refractivity contribution in [2.75, 3.05) is 13.1 Å². The summed E-state index contributed by atoms with van der Waals surface area (Å²) in [5.41, 5.74) is 0.373. The molecule has 2 aromatic rings. The number of carbonyl (C=O) groups excluding carboxylic acids is 1. The van der Waals surface area contributed by atoms with E-state index in [0.717, 1.165) is 0 Å². The van der Waals surface area contributed by atoms with Crippen LogP contribution in [0.2, 0.25) is 5.02 Å². The summed E-state index contributed by atoms with van der Waals surface area (Å²) in [6.45, 7) is 0.587. The SMILES string of the molecule is O=C(NC1CCN(S(=O)(=O)c2ccccc2Cl)CC1)c1ccc(F)cc1. The standard InChI is InChI=1S/C18H18ClFN2O3S/c19-16-3-1-2-4-17(16)26(24,25)22-11-9-15(10-12-22)21-18(23)13-5-7-14(20)8-6-13/h1-8,15H,9-12H2,(H,21,23). The highest BCUT2D eigenvalue weighted by atomic mass is 35.5. The topological polar surface area (TPSA) is 66.5 Å². The van der Waals surface area contributed by atoms with Crippen molar-refractivity contribution in [2.45, 2.75) is 23.8 Å². The second kappa shape index (κ2) is 7.73. The van der Waals surface area contributed by atoms with E-state index >= 15 is 0 Å². The van der Waals surface area contributed by atoms with Crippen molar-refractivity contribution in [2.24, 2.45) is 0 Å². The third-order valence-corrected chi connectivity index (χ3v) is 6.75. The Hall–Kier alpha value is -1.96. The Balaban J connectivity index is 1.61. The minimum atomic E-state index is -3.65. The van der Waals surface area contributed by atoms with Gasteiger partial charge in [-0.3, -0.25) is 4.79 Å². The van der Waals surface area contributed by atoms with Crippen LogP contribution in [0.3, 0.4) is 0 Å². The van der Waals surface area contributed by atoms with Crippen LogP contribution in [0.5, 0.6) is 0 Å². The molecule has 1 heterocycles. The van der Waals surface area contributed by atoms with E-state index in [4.69, 9.17) is 11.6 Å². The number of amides is 1. The van der Waals surface area contributed by atoms with Gasteiger partial charge in [-0.15, -0.1) is 0 Å². The second-order valence-corrected chi connectivity index (χ2v) is 8.40. The molecule has 0 radical (unpaired) electrons. The predicted octanol–water partition coefficient (Wildman–Crippen LogP) is 3.06. The van der Waals surface area contributed by atoms with Gasteiger partial charge in [0, 0.05) is 24.7 Å². The lowest BCUT2D eigenvalue weighted by molar-refractivity contribution is 0.0924. The Labute approximate surface area is 156 Å². The normalized spacial score (nSPS) is 16.4. The lowest BCUT2D eigenvalue weighted by atomic mass is 10.1. The lowest BCUT2D eigenvalue weighted by Crippen LogP contribution is -2.46. The minimum Gasteiger partial charge on any atom is -0.349 e. The van der Waals surface area contributed by atoms with Gasteiger partial charge in [0.25, 0.3) is 5.91 Å². The lowest BCUT2D eigenvalue weighted by Gasteiger charge is -2.31. The van der Waals surface area contributed by atoms with Gasteiger partial charge in [0.1, 0.15) is 10.7 Å². The fraction of sp³-hybridized carbons (Fsp3) is 0.278. The van der Waals surface area contributed by atoms with Gasteiger partial charge >= 0.3 is 0 Å². The molecule has 0 spiro atoms. The van der Waals surface area contributed by atoms with Crippen molar-refractivity contribution in [3.8, 4) is 0 Å². The van der Waals surface area contributed by atoms with Gasteiger partial charge in [-0.05, 0) is 49.2 Å². The molecule has 2 aromatic carbocycles. The van der Waals surface area contributed by atoms with Crippen LogP contribution in [0.25, 0.3) is 0 Å². The maximum absolute atomic E-state index is 12.9. The molecule has 0 bridgehead atoms. The molecule has 0 aliphatic carbocycles. The van der Waals surface area contributed by atoms with Gasteiger partial charge in [0.15, 0.2) is 0 Å². The van der Waals surface area contributed by atoms with Crippen molar-refractivity contribution in [1.82, 2.24) is 9.62 Å². The summed E-state index contributed by atoms with van der Waals surface area (Å²) < 4.78 is 39.7. The van der Waals surface area contributed by atoms with Gasteiger partial charge < -0.3 is 5.32 Å². The fourth-order valence-corrected chi connectivity index (χ4v) is 4.87. The largest absolute Gasteiger partial charge is 0.349 e. The maximum atomic E-state index is 12.9. The Morgan fingerprint density at radius 1 is 1.08 bits per heavy atom. The molecule has 1 aliphatic rings. The van der Waals surface area contributed by atoms with Crippen molar-refractivity contribution >= 4 is 27.5 Å². The van der Waals surface area contributed by atoms with Crippen LogP contribution in [-0.4, -0.2) is 37.8 Å². The highest BCUT2D eigenvalue weighted by molar-refractivity contribution is 7.89. The number of sulfonamides is 1. The van der Waals surface area contributed by atoms with Crippen LogP contribution in [0.15, 0.2) is 53.4 Å². The number of rotatable bonds is 4. The highest BCUT2D eigenvalue weighted by Crippen LogP contribution is 2.26. The average Bonchev–Trinajstić information content (AvgIpc) is 2.63. The van der Waals surface area contributed by atoms with Crippen LogP contribution in [-0.2, 0) is 10.0 Å². The Bertz CT molecular complexity index is 895. The molecule has 26 heavy (non-hydrogen) atoms. The molecule has 0 saturated carbocycles. The molecule has 5 nitrogen and oxygen atoms in total. The summed E-state index contributed by atoms with van der Waals surface area (Å²) >= 11 is 6.01. The van der Waals surface area contributed by atoms with Crippen molar-refractivity contribution < 1.29 is 17.6 Å². The number of piperidine rings is 1. The fourth-order valence-electron chi connectivity index (χ4n) is 2.90. The van der Waals surface area contributed by atoms with Gasteiger partial charge in [-0.2, -0.15) is 4.31 Å². The van der Waals surface area contributed by atoms with E-state index in [2.05, 4.69) is 5.32 Å². The molecule has 1 fully saturated rings. The van der Waals surface area contributed by atoms with Crippen LogP contribution in [0.1, 0.15) is 23.2 Å². The monoisotopic (exact) mass is 396 g/mol. The molecule has 1 amide bonds. The summed E-state index contributed by atoms with van der Waals surface area (Å²) in [6.07, 6.45) is 0.993. The number of nitrogens with zero attached hydrogens (tertiary/aromatic N) is 1. The van der Waals surface area contributed by atoms with Crippen LogP contribution in [0, 0.1) is 5.82 Å².